The predicted octanol–water partition coefficient (Wildman–Crippen LogP) is 4.38. The van der Waals surface area contributed by atoms with Crippen LogP contribution in [0.2, 0.25) is 0 Å². The van der Waals surface area contributed by atoms with E-state index in [9.17, 15) is 9.90 Å². The Bertz CT molecular complexity index is 766. The molecule has 120 valence electrons. The van der Waals surface area contributed by atoms with Crippen molar-refractivity contribution in [1.82, 2.24) is 0 Å². The van der Waals surface area contributed by atoms with Gasteiger partial charge in [-0.15, -0.1) is 0 Å². The zero-order valence-corrected chi connectivity index (χ0v) is 14.7. The lowest BCUT2D eigenvalue weighted by molar-refractivity contribution is 0.104. The number of benzene rings is 2. The van der Waals surface area contributed by atoms with E-state index in [1.54, 1.807) is 44.6 Å². The van der Waals surface area contributed by atoms with Crippen molar-refractivity contribution in [3.63, 3.8) is 0 Å². The van der Waals surface area contributed by atoms with Crippen LogP contribution in [0.25, 0.3) is 6.08 Å². The van der Waals surface area contributed by atoms with Crippen molar-refractivity contribution in [2.24, 2.45) is 0 Å². The van der Waals surface area contributed by atoms with Crippen LogP contribution in [0.5, 0.6) is 17.2 Å². The zero-order chi connectivity index (χ0) is 17.0. The molecule has 0 saturated heterocycles. The number of phenolic OH excluding ortho intramolecular Hbond substituents is 1. The Morgan fingerprint density at radius 2 is 1.78 bits per heavy atom. The van der Waals surface area contributed by atoms with Crippen molar-refractivity contribution < 1.29 is 19.4 Å². The molecule has 0 aliphatic rings. The van der Waals surface area contributed by atoms with E-state index in [2.05, 4.69) is 15.9 Å². The molecule has 0 spiro atoms. The molecule has 0 bridgehead atoms. The molecule has 0 aromatic heterocycles. The summed E-state index contributed by atoms with van der Waals surface area (Å²) in [5, 5.41) is 9.81. The number of rotatable bonds is 5. The monoisotopic (exact) mass is 376 g/mol. The number of aromatic hydroxyl groups is 1. The van der Waals surface area contributed by atoms with Gasteiger partial charge in [0.25, 0.3) is 0 Å². The maximum atomic E-state index is 12.3. The SMILES string of the molecule is COc1cc(Br)c(/C=C/C(=O)c2cc(C)ccc2O)cc1OC. The van der Waals surface area contributed by atoms with Crippen LogP contribution in [-0.2, 0) is 0 Å². The van der Waals surface area contributed by atoms with E-state index in [-0.39, 0.29) is 17.1 Å². The molecule has 5 heteroatoms. The molecule has 23 heavy (non-hydrogen) atoms. The molecule has 0 radical (unpaired) electrons. The van der Waals surface area contributed by atoms with E-state index in [1.807, 2.05) is 6.92 Å². The highest BCUT2D eigenvalue weighted by Gasteiger charge is 2.10. The summed E-state index contributed by atoms with van der Waals surface area (Å²) in [6, 6.07) is 8.46. The van der Waals surface area contributed by atoms with Crippen LogP contribution in [0.15, 0.2) is 40.9 Å². The van der Waals surface area contributed by atoms with Crippen LogP contribution >= 0.6 is 15.9 Å². The number of carbonyl (C=O) groups excluding carboxylic acids is 1. The summed E-state index contributed by atoms with van der Waals surface area (Å²) in [5.74, 6) is 0.866. The Balaban J connectivity index is 2.33. The quantitative estimate of drug-likeness (QED) is 0.621. The standard InChI is InChI=1S/C18H17BrO4/c1-11-4-6-15(20)13(8-11)16(21)7-5-12-9-17(22-2)18(23-3)10-14(12)19/h4-10,20H,1-3H3/b7-5+. The van der Waals surface area contributed by atoms with Crippen LogP contribution in [-0.4, -0.2) is 25.1 Å². The van der Waals surface area contributed by atoms with Gasteiger partial charge in [-0.1, -0.05) is 27.6 Å². The molecule has 0 unspecified atom stereocenters. The normalized spacial score (nSPS) is 10.8. The molecule has 2 aromatic rings. The number of phenols is 1. The first-order valence-corrected chi connectivity index (χ1v) is 7.69. The molecular formula is C18H17BrO4. The van der Waals surface area contributed by atoms with E-state index in [0.29, 0.717) is 11.5 Å². The third-order valence-corrected chi connectivity index (χ3v) is 4.02. The zero-order valence-electron chi connectivity index (χ0n) is 13.1. The summed E-state index contributed by atoms with van der Waals surface area (Å²) < 4.78 is 11.2. The third kappa shape index (κ3) is 3.93. The van der Waals surface area contributed by atoms with Crippen molar-refractivity contribution in [2.45, 2.75) is 6.92 Å². The van der Waals surface area contributed by atoms with Crippen molar-refractivity contribution >= 4 is 27.8 Å². The van der Waals surface area contributed by atoms with Crippen molar-refractivity contribution in [3.8, 4) is 17.2 Å². The lowest BCUT2D eigenvalue weighted by atomic mass is 10.1. The Kier molecular flexibility index (Phi) is 5.45. The topological polar surface area (TPSA) is 55.8 Å². The van der Waals surface area contributed by atoms with Crippen LogP contribution in [0.1, 0.15) is 21.5 Å². The fourth-order valence-electron chi connectivity index (χ4n) is 2.10. The van der Waals surface area contributed by atoms with Gasteiger partial charge in [0, 0.05) is 4.47 Å². The number of aryl methyl sites for hydroxylation is 1. The summed E-state index contributed by atoms with van der Waals surface area (Å²) in [6.45, 7) is 1.87. The summed E-state index contributed by atoms with van der Waals surface area (Å²) >= 11 is 3.44. The second-order valence-corrected chi connectivity index (χ2v) is 5.80. The van der Waals surface area contributed by atoms with Gasteiger partial charge >= 0.3 is 0 Å². The van der Waals surface area contributed by atoms with Gasteiger partial charge in [-0.3, -0.25) is 4.79 Å². The highest BCUT2D eigenvalue weighted by atomic mass is 79.9. The molecule has 0 heterocycles. The third-order valence-electron chi connectivity index (χ3n) is 3.33. The van der Waals surface area contributed by atoms with E-state index in [0.717, 1.165) is 15.6 Å². The maximum absolute atomic E-state index is 12.3. The fourth-order valence-corrected chi connectivity index (χ4v) is 2.55. The molecule has 0 saturated carbocycles. The largest absolute Gasteiger partial charge is 0.507 e. The van der Waals surface area contributed by atoms with Gasteiger partial charge in [-0.25, -0.2) is 0 Å². The number of halogens is 1. The minimum absolute atomic E-state index is 0.0309. The van der Waals surface area contributed by atoms with Crippen LogP contribution < -0.4 is 9.47 Å². The summed E-state index contributed by atoms with van der Waals surface area (Å²) in [6.07, 6.45) is 3.08. The van der Waals surface area contributed by atoms with Crippen molar-refractivity contribution in [1.29, 1.82) is 0 Å². The highest BCUT2D eigenvalue weighted by molar-refractivity contribution is 9.10. The first-order valence-electron chi connectivity index (χ1n) is 6.89. The Morgan fingerprint density at radius 3 is 2.43 bits per heavy atom. The minimum atomic E-state index is -0.270. The molecule has 2 rings (SSSR count). The molecule has 1 N–H and O–H groups in total. The Hall–Kier alpha value is -2.27. The fraction of sp³-hybridized carbons (Fsp3) is 0.167. The number of hydrogen-bond donors (Lipinski definition) is 1. The molecule has 2 aromatic carbocycles. The van der Waals surface area contributed by atoms with E-state index in [4.69, 9.17) is 9.47 Å². The number of carbonyl (C=O) groups is 1. The predicted molar refractivity (Wildman–Crippen MR) is 93.5 cm³/mol. The second kappa shape index (κ2) is 7.33. The summed E-state index contributed by atoms with van der Waals surface area (Å²) in [7, 11) is 3.11. The van der Waals surface area contributed by atoms with Crippen molar-refractivity contribution in [2.75, 3.05) is 14.2 Å². The number of allylic oxidation sites excluding steroid dienone is 1. The van der Waals surface area contributed by atoms with Gasteiger partial charge in [0.15, 0.2) is 17.3 Å². The molecule has 0 aliphatic heterocycles. The van der Waals surface area contributed by atoms with Crippen molar-refractivity contribution in [3.05, 3.63) is 57.6 Å². The molecular weight excluding hydrogens is 360 g/mol. The lowest BCUT2D eigenvalue weighted by Crippen LogP contribution is -1.96. The molecule has 0 atom stereocenters. The Labute approximate surface area is 143 Å². The van der Waals surface area contributed by atoms with Gasteiger partial charge in [0.05, 0.1) is 19.8 Å². The molecule has 0 fully saturated rings. The molecule has 0 aliphatic carbocycles. The van der Waals surface area contributed by atoms with Gasteiger partial charge < -0.3 is 14.6 Å². The van der Waals surface area contributed by atoms with Crippen LogP contribution in [0.4, 0.5) is 0 Å². The summed E-state index contributed by atoms with van der Waals surface area (Å²) in [5.41, 5.74) is 1.95. The maximum Gasteiger partial charge on any atom is 0.189 e. The lowest BCUT2D eigenvalue weighted by Gasteiger charge is -2.09. The van der Waals surface area contributed by atoms with E-state index >= 15 is 0 Å². The average molecular weight is 377 g/mol. The van der Waals surface area contributed by atoms with Crippen LogP contribution in [0.3, 0.4) is 0 Å². The average Bonchev–Trinajstić information content (AvgIpc) is 2.55. The van der Waals surface area contributed by atoms with E-state index < -0.39 is 0 Å². The van der Waals surface area contributed by atoms with Gasteiger partial charge in [-0.2, -0.15) is 0 Å². The highest BCUT2D eigenvalue weighted by Crippen LogP contribution is 2.34. The number of methoxy groups -OCH3 is 2. The first-order chi connectivity index (χ1) is 11.0. The number of ketones is 1. The minimum Gasteiger partial charge on any atom is -0.507 e. The molecule has 4 nitrogen and oxygen atoms in total. The van der Waals surface area contributed by atoms with Crippen LogP contribution in [0, 0.1) is 6.92 Å². The van der Waals surface area contributed by atoms with Gasteiger partial charge in [-0.05, 0) is 48.9 Å². The molecule has 0 amide bonds. The first kappa shape index (κ1) is 17.1. The van der Waals surface area contributed by atoms with Gasteiger partial charge in [0.2, 0.25) is 0 Å². The second-order valence-electron chi connectivity index (χ2n) is 4.95. The smallest absolute Gasteiger partial charge is 0.189 e. The van der Waals surface area contributed by atoms with E-state index in [1.165, 1.54) is 12.1 Å². The Morgan fingerprint density at radius 1 is 1.13 bits per heavy atom. The summed E-state index contributed by atoms with van der Waals surface area (Å²) in [4.78, 5) is 12.3. The van der Waals surface area contributed by atoms with Gasteiger partial charge in [0.1, 0.15) is 5.75 Å². The number of hydrogen-bond acceptors (Lipinski definition) is 4. The number of ether oxygens (including phenoxy) is 2.